The summed E-state index contributed by atoms with van der Waals surface area (Å²) in [5.74, 6) is 5.65. The standard InChI is InChI=1S/C12H21BrN2OS/c1-3-5-12(16-4-2)11(15-14)7-10-6-9(13)8-17-10/h6,8,11-12,15H,3-5,7,14H2,1-2H3. The number of thiophene rings is 1. The number of nitrogens with one attached hydrogen (secondary N) is 1. The molecule has 2 atom stereocenters. The van der Waals surface area contributed by atoms with E-state index in [9.17, 15) is 0 Å². The zero-order chi connectivity index (χ0) is 12.7. The molecule has 3 nitrogen and oxygen atoms in total. The van der Waals surface area contributed by atoms with E-state index in [4.69, 9.17) is 10.6 Å². The summed E-state index contributed by atoms with van der Waals surface area (Å²) in [6.45, 7) is 4.93. The average Bonchev–Trinajstić information content (AvgIpc) is 2.72. The van der Waals surface area contributed by atoms with Crippen molar-refractivity contribution in [3.05, 3.63) is 20.8 Å². The topological polar surface area (TPSA) is 47.3 Å². The Morgan fingerprint density at radius 2 is 2.29 bits per heavy atom. The lowest BCUT2D eigenvalue weighted by Gasteiger charge is -2.25. The molecule has 0 aliphatic heterocycles. The SMILES string of the molecule is CCCC(OCC)C(Cc1cc(Br)cs1)NN. The maximum absolute atomic E-state index is 5.76. The summed E-state index contributed by atoms with van der Waals surface area (Å²) >= 11 is 5.22. The summed E-state index contributed by atoms with van der Waals surface area (Å²) in [5.41, 5.74) is 2.90. The van der Waals surface area contributed by atoms with Crippen LogP contribution in [0.4, 0.5) is 0 Å². The average molecular weight is 321 g/mol. The minimum Gasteiger partial charge on any atom is -0.377 e. The zero-order valence-corrected chi connectivity index (χ0v) is 12.8. The van der Waals surface area contributed by atoms with E-state index in [0.717, 1.165) is 30.3 Å². The predicted molar refractivity (Wildman–Crippen MR) is 77.2 cm³/mol. The van der Waals surface area contributed by atoms with E-state index >= 15 is 0 Å². The monoisotopic (exact) mass is 320 g/mol. The van der Waals surface area contributed by atoms with Gasteiger partial charge in [0, 0.05) is 27.8 Å². The summed E-state index contributed by atoms with van der Waals surface area (Å²) < 4.78 is 6.90. The molecule has 0 aliphatic carbocycles. The van der Waals surface area contributed by atoms with Gasteiger partial charge in [-0.3, -0.25) is 11.3 Å². The van der Waals surface area contributed by atoms with Crippen molar-refractivity contribution in [3.63, 3.8) is 0 Å². The Morgan fingerprint density at radius 3 is 2.76 bits per heavy atom. The normalized spacial score (nSPS) is 14.8. The number of nitrogens with two attached hydrogens (primary N) is 1. The summed E-state index contributed by atoms with van der Waals surface area (Å²) in [7, 11) is 0. The molecule has 0 saturated heterocycles. The van der Waals surface area contributed by atoms with Gasteiger partial charge in [0.05, 0.1) is 12.1 Å². The molecule has 17 heavy (non-hydrogen) atoms. The van der Waals surface area contributed by atoms with Gasteiger partial charge in [-0.25, -0.2) is 0 Å². The summed E-state index contributed by atoms with van der Waals surface area (Å²) in [6.07, 6.45) is 3.25. The van der Waals surface area contributed by atoms with Crippen molar-refractivity contribution in [1.82, 2.24) is 5.43 Å². The molecule has 1 rings (SSSR count). The molecule has 98 valence electrons. The minimum atomic E-state index is 0.181. The second-order valence-electron chi connectivity index (χ2n) is 3.99. The fourth-order valence-electron chi connectivity index (χ4n) is 1.87. The Labute approximate surface area is 116 Å². The zero-order valence-electron chi connectivity index (χ0n) is 10.4. The van der Waals surface area contributed by atoms with Crippen LogP contribution in [0.5, 0.6) is 0 Å². The molecule has 1 aromatic rings. The van der Waals surface area contributed by atoms with E-state index in [-0.39, 0.29) is 12.1 Å². The lowest BCUT2D eigenvalue weighted by Crippen LogP contribution is -2.46. The highest BCUT2D eigenvalue weighted by Gasteiger charge is 2.20. The van der Waals surface area contributed by atoms with E-state index < -0.39 is 0 Å². The third-order valence-electron chi connectivity index (χ3n) is 2.66. The maximum Gasteiger partial charge on any atom is 0.0744 e. The van der Waals surface area contributed by atoms with Crippen LogP contribution in [-0.2, 0) is 11.2 Å². The number of hydrazine groups is 1. The first-order valence-corrected chi connectivity index (χ1v) is 7.69. The second-order valence-corrected chi connectivity index (χ2v) is 5.90. The number of ether oxygens (including phenoxy) is 1. The Morgan fingerprint density at radius 1 is 1.53 bits per heavy atom. The van der Waals surface area contributed by atoms with Crippen molar-refractivity contribution in [2.75, 3.05) is 6.61 Å². The first-order valence-electron chi connectivity index (χ1n) is 6.01. The fraction of sp³-hybridized carbons (Fsp3) is 0.667. The summed E-state index contributed by atoms with van der Waals surface area (Å²) in [4.78, 5) is 1.32. The van der Waals surface area contributed by atoms with Crippen LogP contribution < -0.4 is 11.3 Å². The number of rotatable bonds is 8. The number of halogens is 1. The molecule has 0 radical (unpaired) electrons. The number of hydrogen-bond donors (Lipinski definition) is 2. The Balaban J connectivity index is 2.61. The molecule has 0 saturated carbocycles. The van der Waals surface area contributed by atoms with Crippen molar-refractivity contribution in [1.29, 1.82) is 0 Å². The van der Waals surface area contributed by atoms with Crippen LogP contribution in [-0.4, -0.2) is 18.8 Å². The van der Waals surface area contributed by atoms with Gasteiger partial charge in [0.15, 0.2) is 0 Å². The van der Waals surface area contributed by atoms with Crippen molar-refractivity contribution in [2.45, 2.75) is 45.3 Å². The molecular formula is C12H21BrN2OS. The largest absolute Gasteiger partial charge is 0.377 e. The van der Waals surface area contributed by atoms with Crippen LogP contribution in [0.2, 0.25) is 0 Å². The van der Waals surface area contributed by atoms with Crippen LogP contribution >= 0.6 is 27.3 Å². The van der Waals surface area contributed by atoms with Gasteiger partial charge in [-0.15, -0.1) is 11.3 Å². The van der Waals surface area contributed by atoms with Crippen molar-refractivity contribution in [2.24, 2.45) is 5.84 Å². The van der Waals surface area contributed by atoms with E-state index in [0.29, 0.717) is 0 Å². The molecule has 1 aromatic heterocycles. The predicted octanol–water partition coefficient (Wildman–Crippen LogP) is 3.09. The van der Waals surface area contributed by atoms with E-state index in [1.807, 2.05) is 6.92 Å². The molecule has 3 N–H and O–H groups in total. The van der Waals surface area contributed by atoms with E-state index in [1.54, 1.807) is 11.3 Å². The maximum atomic E-state index is 5.76. The van der Waals surface area contributed by atoms with Gasteiger partial charge in [-0.2, -0.15) is 0 Å². The minimum absolute atomic E-state index is 0.181. The molecule has 0 bridgehead atoms. The van der Waals surface area contributed by atoms with Crippen molar-refractivity contribution < 1.29 is 4.74 Å². The Hall–Kier alpha value is 0.0600. The fourth-order valence-corrected chi connectivity index (χ4v) is 3.39. The van der Waals surface area contributed by atoms with E-state index in [2.05, 4.69) is 39.7 Å². The van der Waals surface area contributed by atoms with Crippen LogP contribution in [0.1, 0.15) is 31.6 Å². The summed E-state index contributed by atoms with van der Waals surface area (Å²) in [5, 5.41) is 2.10. The highest BCUT2D eigenvalue weighted by atomic mass is 79.9. The molecule has 0 amide bonds. The highest BCUT2D eigenvalue weighted by Crippen LogP contribution is 2.22. The van der Waals surface area contributed by atoms with Gasteiger partial charge in [0.2, 0.25) is 0 Å². The third kappa shape index (κ3) is 5.06. The van der Waals surface area contributed by atoms with Gasteiger partial charge in [0.25, 0.3) is 0 Å². The third-order valence-corrected chi connectivity index (χ3v) is 4.38. The van der Waals surface area contributed by atoms with Gasteiger partial charge in [0.1, 0.15) is 0 Å². The van der Waals surface area contributed by atoms with Crippen LogP contribution in [0, 0.1) is 0 Å². The molecule has 2 unspecified atom stereocenters. The number of hydrogen-bond acceptors (Lipinski definition) is 4. The Bertz CT molecular complexity index is 313. The van der Waals surface area contributed by atoms with E-state index in [1.165, 1.54) is 4.88 Å². The second kappa shape index (κ2) is 8.21. The van der Waals surface area contributed by atoms with Crippen LogP contribution in [0.3, 0.4) is 0 Å². The lowest BCUT2D eigenvalue weighted by atomic mass is 10.0. The van der Waals surface area contributed by atoms with Crippen molar-refractivity contribution in [3.8, 4) is 0 Å². The first-order chi connectivity index (χ1) is 8.21. The molecule has 1 heterocycles. The van der Waals surface area contributed by atoms with Gasteiger partial charge < -0.3 is 4.74 Å². The quantitative estimate of drug-likeness (QED) is 0.571. The smallest absolute Gasteiger partial charge is 0.0744 e. The molecule has 0 aliphatic rings. The molecule has 0 aromatic carbocycles. The summed E-state index contributed by atoms with van der Waals surface area (Å²) in [6, 6.07) is 2.32. The van der Waals surface area contributed by atoms with Crippen molar-refractivity contribution >= 4 is 27.3 Å². The molecule has 0 spiro atoms. The molecular weight excluding hydrogens is 300 g/mol. The van der Waals surface area contributed by atoms with Gasteiger partial charge >= 0.3 is 0 Å². The highest BCUT2D eigenvalue weighted by molar-refractivity contribution is 9.10. The van der Waals surface area contributed by atoms with Gasteiger partial charge in [-0.05, 0) is 35.3 Å². The van der Waals surface area contributed by atoms with Gasteiger partial charge in [-0.1, -0.05) is 13.3 Å². The molecule has 0 fully saturated rings. The Kier molecular flexibility index (Phi) is 7.30. The van der Waals surface area contributed by atoms with Crippen LogP contribution in [0.15, 0.2) is 15.9 Å². The first kappa shape index (κ1) is 15.1. The van der Waals surface area contributed by atoms with Crippen LogP contribution in [0.25, 0.3) is 0 Å². The lowest BCUT2D eigenvalue weighted by molar-refractivity contribution is 0.0283. The molecule has 5 heteroatoms.